The van der Waals surface area contributed by atoms with Gasteiger partial charge in [0.1, 0.15) is 5.78 Å². The Balaban J connectivity index is 2.06. The largest absolute Gasteiger partial charge is 0.393 e. The normalized spacial score (nSPS) is 49.5. The van der Waals surface area contributed by atoms with Crippen LogP contribution in [0.4, 0.5) is 0 Å². The lowest BCUT2D eigenvalue weighted by molar-refractivity contribution is -0.128. The van der Waals surface area contributed by atoms with Gasteiger partial charge in [-0.05, 0) is 24.7 Å². The van der Waals surface area contributed by atoms with Gasteiger partial charge in [0.05, 0.1) is 6.10 Å². The first-order valence-electron chi connectivity index (χ1n) is 5.34. The molecule has 2 nitrogen and oxygen atoms in total. The van der Waals surface area contributed by atoms with Gasteiger partial charge in [0.15, 0.2) is 0 Å². The summed E-state index contributed by atoms with van der Waals surface area (Å²) in [5, 5.41) is 9.85. The van der Waals surface area contributed by atoms with Gasteiger partial charge in [-0.15, -0.1) is 0 Å². The lowest BCUT2D eigenvalue weighted by Crippen LogP contribution is -2.35. The average Bonchev–Trinajstić information content (AvgIpc) is 2.43. The van der Waals surface area contributed by atoms with Crippen LogP contribution in [0.2, 0.25) is 0 Å². The van der Waals surface area contributed by atoms with Gasteiger partial charge in [-0.2, -0.15) is 0 Å². The molecule has 0 amide bonds. The predicted molar refractivity (Wildman–Crippen MR) is 52.5 cm³/mol. The molecule has 0 spiro atoms. The monoisotopic (exact) mass is 190 g/mol. The first-order chi connectivity index (χ1) is 6.77. The maximum atomic E-state index is 12.0. The fourth-order valence-corrected chi connectivity index (χ4v) is 3.29. The van der Waals surface area contributed by atoms with E-state index in [0.29, 0.717) is 11.7 Å². The van der Waals surface area contributed by atoms with Crippen molar-refractivity contribution in [1.29, 1.82) is 0 Å². The highest BCUT2D eigenvalue weighted by atomic mass is 16.3. The van der Waals surface area contributed by atoms with E-state index in [-0.39, 0.29) is 23.9 Å². The zero-order chi connectivity index (χ0) is 9.71. The maximum absolute atomic E-state index is 12.0. The summed E-state index contributed by atoms with van der Waals surface area (Å²) >= 11 is 0. The second kappa shape index (κ2) is 2.80. The van der Waals surface area contributed by atoms with Crippen molar-refractivity contribution >= 4 is 5.78 Å². The van der Waals surface area contributed by atoms with Gasteiger partial charge < -0.3 is 5.11 Å². The van der Waals surface area contributed by atoms with Gasteiger partial charge in [0, 0.05) is 11.8 Å². The van der Waals surface area contributed by atoms with E-state index in [1.165, 1.54) is 0 Å². The summed E-state index contributed by atoms with van der Waals surface area (Å²) in [5.41, 5.74) is 0. The van der Waals surface area contributed by atoms with Crippen molar-refractivity contribution in [1.82, 2.24) is 0 Å². The molecule has 0 aromatic heterocycles. The molecule has 0 aliphatic heterocycles. The van der Waals surface area contributed by atoms with E-state index < -0.39 is 0 Å². The molecular weight excluding hydrogens is 176 g/mol. The molecule has 0 saturated heterocycles. The summed E-state index contributed by atoms with van der Waals surface area (Å²) < 4.78 is 0. The Bertz CT molecular complexity index is 329. The highest BCUT2D eigenvalue weighted by Gasteiger charge is 2.50. The molecule has 4 bridgehead atoms. The van der Waals surface area contributed by atoms with Crippen LogP contribution in [0.25, 0.3) is 0 Å². The van der Waals surface area contributed by atoms with Gasteiger partial charge in [-0.3, -0.25) is 4.79 Å². The van der Waals surface area contributed by atoms with Crippen LogP contribution in [-0.4, -0.2) is 17.0 Å². The van der Waals surface area contributed by atoms with Gasteiger partial charge >= 0.3 is 0 Å². The molecule has 0 aromatic rings. The van der Waals surface area contributed by atoms with E-state index in [0.717, 1.165) is 12.8 Å². The van der Waals surface area contributed by atoms with Crippen molar-refractivity contribution in [3.63, 3.8) is 0 Å². The Hall–Kier alpha value is -0.890. The molecular formula is C12H14O2. The summed E-state index contributed by atoms with van der Waals surface area (Å²) in [6.07, 6.45) is 9.50. The number of carbonyl (C=O) groups excluding carboxylic acids is 1. The molecule has 3 aliphatic rings. The SMILES string of the molecule is O=C1C2C=CC=CC1C1CC2CC1O. The molecule has 74 valence electrons. The molecule has 5 atom stereocenters. The van der Waals surface area contributed by atoms with Crippen LogP contribution in [0.15, 0.2) is 24.3 Å². The molecule has 3 aliphatic carbocycles. The highest BCUT2D eigenvalue weighted by molar-refractivity contribution is 5.89. The number of Topliss-reactive ketones (excluding diaryl/α,β-unsaturated/α-hetero) is 1. The van der Waals surface area contributed by atoms with Crippen LogP contribution < -0.4 is 0 Å². The second-order valence-electron chi connectivity index (χ2n) is 4.69. The quantitative estimate of drug-likeness (QED) is 0.625. The standard InChI is InChI=1S/C12H14O2/c13-11-6-7-5-10(11)9-4-2-1-3-8(7)12(9)14/h1-4,7-11,13H,5-6H2. The van der Waals surface area contributed by atoms with E-state index in [2.05, 4.69) is 0 Å². The van der Waals surface area contributed by atoms with Crippen molar-refractivity contribution in [3.8, 4) is 0 Å². The minimum atomic E-state index is -0.255. The van der Waals surface area contributed by atoms with E-state index in [9.17, 15) is 9.90 Å². The lowest BCUT2D eigenvalue weighted by atomic mass is 9.73. The number of aliphatic hydroxyl groups excluding tert-OH is 1. The Morgan fingerprint density at radius 2 is 1.86 bits per heavy atom. The van der Waals surface area contributed by atoms with Crippen molar-refractivity contribution in [2.24, 2.45) is 23.7 Å². The van der Waals surface area contributed by atoms with Gasteiger partial charge in [0.25, 0.3) is 0 Å². The van der Waals surface area contributed by atoms with Crippen LogP contribution in [0, 0.1) is 23.7 Å². The number of hydrogen-bond donors (Lipinski definition) is 1. The molecule has 1 N–H and O–H groups in total. The molecule has 0 aromatic carbocycles. The number of aliphatic hydroxyl groups is 1. The number of rotatable bonds is 0. The smallest absolute Gasteiger partial charge is 0.147 e. The highest BCUT2D eigenvalue weighted by Crippen LogP contribution is 2.48. The zero-order valence-corrected chi connectivity index (χ0v) is 7.97. The number of ketones is 1. The summed E-state index contributed by atoms with van der Waals surface area (Å²) in [4.78, 5) is 12.0. The fourth-order valence-electron chi connectivity index (χ4n) is 3.29. The van der Waals surface area contributed by atoms with Gasteiger partial charge in [-0.25, -0.2) is 0 Å². The topological polar surface area (TPSA) is 37.3 Å². The van der Waals surface area contributed by atoms with Crippen molar-refractivity contribution < 1.29 is 9.90 Å². The first-order valence-corrected chi connectivity index (χ1v) is 5.34. The van der Waals surface area contributed by atoms with E-state index >= 15 is 0 Å². The summed E-state index contributed by atoms with van der Waals surface area (Å²) in [6, 6.07) is 0. The predicted octanol–water partition coefficient (Wildman–Crippen LogP) is 1.31. The van der Waals surface area contributed by atoms with Crippen molar-refractivity contribution in [2.75, 3.05) is 0 Å². The maximum Gasteiger partial charge on any atom is 0.147 e. The van der Waals surface area contributed by atoms with E-state index in [1.54, 1.807) is 0 Å². The molecule has 0 heterocycles. The molecule has 2 heteroatoms. The zero-order valence-electron chi connectivity index (χ0n) is 7.97. The fraction of sp³-hybridized carbons (Fsp3) is 0.583. The summed E-state index contributed by atoms with van der Waals surface area (Å²) in [6.45, 7) is 0. The third-order valence-corrected chi connectivity index (χ3v) is 3.99. The van der Waals surface area contributed by atoms with Crippen LogP contribution in [0.5, 0.6) is 0 Å². The van der Waals surface area contributed by atoms with Crippen LogP contribution in [0.1, 0.15) is 12.8 Å². The molecule has 3 rings (SSSR count). The number of hydrogen-bond acceptors (Lipinski definition) is 2. The number of fused-ring (bicyclic) bond motifs is 6. The van der Waals surface area contributed by atoms with Gasteiger partial charge in [0.2, 0.25) is 0 Å². The lowest BCUT2D eigenvalue weighted by Gasteiger charge is -2.30. The Morgan fingerprint density at radius 1 is 1.14 bits per heavy atom. The second-order valence-corrected chi connectivity index (χ2v) is 4.69. The van der Waals surface area contributed by atoms with Crippen LogP contribution >= 0.6 is 0 Å². The third-order valence-electron chi connectivity index (χ3n) is 3.99. The molecule has 2 saturated carbocycles. The molecule has 2 fully saturated rings. The Morgan fingerprint density at radius 3 is 2.64 bits per heavy atom. The minimum Gasteiger partial charge on any atom is -0.393 e. The summed E-state index contributed by atoms with van der Waals surface area (Å²) in [5.74, 6) is 0.967. The van der Waals surface area contributed by atoms with Crippen LogP contribution in [-0.2, 0) is 4.79 Å². The van der Waals surface area contributed by atoms with Crippen molar-refractivity contribution in [2.45, 2.75) is 18.9 Å². The van der Waals surface area contributed by atoms with E-state index in [1.807, 2.05) is 24.3 Å². The summed E-state index contributed by atoms with van der Waals surface area (Å²) in [7, 11) is 0. The number of carbonyl (C=O) groups is 1. The van der Waals surface area contributed by atoms with Crippen molar-refractivity contribution in [3.05, 3.63) is 24.3 Å². The Kier molecular flexibility index (Phi) is 1.68. The van der Waals surface area contributed by atoms with Crippen LogP contribution in [0.3, 0.4) is 0 Å². The Labute approximate surface area is 83.3 Å². The number of allylic oxidation sites excluding steroid dienone is 4. The third kappa shape index (κ3) is 0.976. The first kappa shape index (κ1) is 8.42. The average molecular weight is 190 g/mol. The molecule has 5 unspecified atom stereocenters. The molecule has 14 heavy (non-hydrogen) atoms. The molecule has 0 radical (unpaired) electrons. The minimum absolute atomic E-state index is 0.0243. The van der Waals surface area contributed by atoms with E-state index in [4.69, 9.17) is 0 Å². The van der Waals surface area contributed by atoms with Gasteiger partial charge in [-0.1, -0.05) is 24.3 Å².